The molecule has 1 amide bonds. The van der Waals surface area contributed by atoms with Gasteiger partial charge in [0.25, 0.3) is 5.91 Å². The van der Waals surface area contributed by atoms with Crippen molar-refractivity contribution in [1.82, 2.24) is 9.80 Å². The molecule has 1 rings (SSSR count). The van der Waals surface area contributed by atoms with Crippen molar-refractivity contribution in [2.75, 3.05) is 14.1 Å². The van der Waals surface area contributed by atoms with Crippen molar-refractivity contribution in [2.45, 2.75) is 5.50 Å². The van der Waals surface area contributed by atoms with Crippen LogP contribution in [-0.4, -0.2) is 35.3 Å². The first-order valence-electron chi connectivity index (χ1n) is 3.19. The average Bonchev–Trinajstić information content (AvgIpc) is 1.97. The number of nitrogens with two attached hydrogens (primary N) is 1. The van der Waals surface area contributed by atoms with E-state index >= 15 is 0 Å². The van der Waals surface area contributed by atoms with Gasteiger partial charge in [0.05, 0.1) is 0 Å². The molecule has 62 valence electrons. The lowest BCUT2D eigenvalue weighted by Gasteiger charge is -2.36. The molecular formula is C6H11N3OS. The third-order valence-corrected chi connectivity index (χ3v) is 2.41. The van der Waals surface area contributed by atoms with E-state index in [2.05, 4.69) is 12.6 Å². The Balaban J connectivity index is 2.92. The number of rotatable bonds is 0. The van der Waals surface area contributed by atoms with Crippen LogP contribution >= 0.6 is 12.6 Å². The number of hydrogen-bond donors (Lipinski definition) is 2. The van der Waals surface area contributed by atoms with E-state index in [1.165, 1.54) is 11.0 Å². The summed E-state index contributed by atoms with van der Waals surface area (Å²) in [5, 5.41) is 0. The summed E-state index contributed by atoms with van der Waals surface area (Å²) in [6.07, 6.45) is 1.38. The van der Waals surface area contributed by atoms with Crippen molar-refractivity contribution in [3.8, 4) is 0 Å². The molecule has 2 N–H and O–H groups in total. The third-order valence-electron chi connectivity index (χ3n) is 1.72. The molecular weight excluding hydrogens is 162 g/mol. The highest BCUT2D eigenvalue weighted by Gasteiger charge is 2.24. The molecule has 1 aliphatic heterocycles. The minimum absolute atomic E-state index is 0.111. The van der Waals surface area contributed by atoms with E-state index in [0.29, 0.717) is 5.82 Å². The number of carbonyl (C=O) groups excluding carboxylic acids is 1. The Morgan fingerprint density at radius 2 is 2.09 bits per heavy atom. The van der Waals surface area contributed by atoms with Crippen LogP contribution in [0, 0.1) is 0 Å². The molecule has 0 radical (unpaired) electrons. The molecule has 0 fully saturated rings. The van der Waals surface area contributed by atoms with Crippen LogP contribution in [0.5, 0.6) is 0 Å². The molecule has 0 aromatic carbocycles. The Labute approximate surface area is 71.0 Å². The van der Waals surface area contributed by atoms with Gasteiger partial charge < -0.3 is 15.5 Å². The third kappa shape index (κ3) is 1.28. The van der Waals surface area contributed by atoms with Gasteiger partial charge >= 0.3 is 0 Å². The van der Waals surface area contributed by atoms with Gasteiger partial charge in [-0.1, -0.05) is 0 Å². The second-order valence-corrected chi connectivity index (χ2v) is 2.94. The van der Waals surface area contributed by atoms with Crippen molar-refractivity contribution in [3.05, 3.63) is 11.9 Å². The van der Waals surface area contributed by atoms with E-state index in [0.717, 1.165) is 0 Å². The van der Waals surface area contributed by atoms with Crippen LogP contribution in [0.3, 0.4) is 0 Å². The summed E-state index contributed by atoms with van der Waals surface area (Å²) in [6.45, 7) is 0. The number of nitrogens with zero attached hydrogens (tertiary/aromatic N) is 2. The van der Waals surface area contributed by atoms with Crippen molar-refractivity contribution in [3.63, 3.8) is 0 Å². The second-order valence-electron chi connectivity index (χ2n) is 2.48. The van der Waals surface area contributed by atoms with E-state index in [-0.39, 0.29) is 11.4 Å². The molecule has 0 bridgehead atoms. The van der Waals surface area contributed by atoms with E-state index in [9.17, 15) is 4.79 Å². The highest BCUT2D eigenvalue weighted by atomic mass is 32.1. The first kappa shape index (κ1) is 8.26. The van der Waals surface area contributed by atoms with Crippen molar-refractivity contribution in [1.29, 1.82) is 0 Å². The fourth-order valence-electron chi connectivity index (χ4n) is 0.837. The second kappa shape index (κ2) is 2.65. The van der Waals surface area contributed by atoms with Crippen LogP contribution in [0.25, 0.3) is 0 Å². The van der Waals surface area contributed by atoms with Gasteiger partial charge in [-0.05, 0) is 0 Å². The Kier molecular flexibility index (Phi) is 1.99. The number of likely N-dealkylation sites (N-methyl/N-ethyl adjacent to an activating group) is 1. The lowest BCUT2D eigenvalue weighted by Crippen LogP contribution is -2.48. The van der Waals surface area contributed by atoms with E-state index < -0.39 is 0 Å². The molecule has 1 atom stereocenters. The Hall–Kier alpha value is -0.840. The highest BCUT2D eigenvalue weighted by molar-refractivity contribution is 7.80. The van der Waals surface area contributed by atoms with Crippen LogP contribution in [0.2, 0.25) is 0 Å². The summed E-state index contributed by atoms with van der Waals surface area (Å²) in [5.74, 6) is 0.341. The van der Waals surface area contributed by atoms with E-state index in [1.54, 1.807) is 19.0 Å². The van der Waals surface area contributed by atoms with Gasteiger partial charge in [-0.2, -0.15) is 0 Å². The summed E-state index contributed by atoms with van der Waals surface area (Å²) in [5.41, 5.74) is 5.26. The van der Waals surface area contributed by atoms with Gasteiger partial charge in [0.2, 0.25) is 0 Å². The molecule has 0 saturated carbocycles. The van der Waals surface area contributed by atoms with Gasteiger partial charge in [-0.3, -0.25) is 4.79 Å². The molecule has 0 aliphatic carbocycles. The Morgan fingerprint density at radius 3 is 2.64 bits per heavy atom. The van der Waals surface area contributed by atoms with Crippen LogP contribution < -0.4 is 5.73 Å². The maximum Gasteiger partial charge on any atom is 0.252 e. The standard InChI is InChI=1S/C6H11N3OS/c1-8-4(7)3-5(10)9(2)6(8)11/h3,6,11H,7H2,1-2H3. The first-order valence-corrected chi connectivity index (χ1v) is 3.70. The molecule has 1 heterocycles. The predicted octanol–water partition coefficient (Wildman–Crippen LogP) is -0.596. The zero-order valence-electron chi connectivity index (χ0n) is 6.48. The first-order chi connectivity index (χ1) is 5.04. The van der Waals surface area contributed by atoms with Crippen LogP contribution in [0.1, 0.15) is 0 Å². The fraction of sp³-hybridized carbons (Fsp3) is 0.500. The minimum Gasteiger partial charge on any atom is -0.385 e. The molecule has 0 spiro atoms. The van der Waals surface area contributed by atoms with Gasteiger partial charge in [-0.15, -0.1) is 12.6 Å². The maximum absolute atomic E-state index is 11.1. The smallest absolute Gasteiger partial charge is 0.252 e. The van der Waals surface area contributed by atoms with Gasteiger partial charge in [-0.25, -0.2) is 0 Å². The van der Waals surface area contributed by atoms with Crippen molar-refractivity contribution < 1.29 is 4.79 Å². The molecule has 1 aliphatic rings. The van der Waals surface area contributed by atoms with Crippen LogP contribution in [-0.2, 0) is 4.79 Å². The SMILES string of the molecule is CN1C(=O)C=C(N)N(C)C1S. The summed E-state index contributed by atoms with van der Waals surface area (Å²) in [4.78, 5) is 14.3. The topological polar surface area (TPSA) is 49.6 Å². The van der Waals surface area contributed by atoms with E-state index in [1.807, 2.05) is 0 Å². The molecule has 0 aromatic rings. The zero-order chi connectivity index (χ0) is 8.59. The normalized spacial score (nSPS) is 25.5. The van der Waals surface area contributed by atoms with Crippen molar-refractivity contribution >= 4 is 18.5 Å². The number of hydrogen-bond acceptors (Lipinski definition) is 4. The van der Waals surface area contributed by atoms with Gasteiger partial charge in [0.15, 0.2) is 5.50 Å². The average molecular weight is 173 g/mol. The Bertz CT molecular complexity index is 216. The zero-order valence-corrected chi connectivity index (χ0v) is 7.38. The van der Waals surface area contributed by atoms with Gasteiger partial charge in [0.1, 0.15) is 5.82 Å². The van der Waals surface area contributed by atoms with Gasteiger partial charge in [0, 0.05) is 20.2 Å². The molecule has 5 heteroatoms. The number of amides is 1. The van der Waals surface area contributed by atoms with E-state index in [4.69, 9.17) is 5.73 Å². The largest absolute Gasteiger partial charge is 0.385 e. The highest BCUT2D eigenvalue weighted by Crippen LogP contribution is 2.15. The summed E-state index contributed by atoms with van der Waals surface area (Å²) < 4.78 is 0. The minimum atomic E-state index is -0.257. The summed E-state index contributed by atoms with van der Waals surface area (Å²) in [6, 6.07) is 0. The lowest BCUT2D eigenvalue weighted by molar-refractivity contribution is -0.128. The molecule has 11 heavy (non-hydrogen) atoms. The Morgan fingerprint density at radius 1 is 1.55 bits per heavy atom. The fourth-order valence-corrected chi connectivity index (χ4v) is 1.08. The number of carbonyl (C=O) groups is 1. The van der Waals surface area contributed by atoms with Crippen LogP contribution in [0.15, 0.2) is 11.9 Å². The molecule has 4 nitrogen and oxygen atoms in total. The molecule has 1 unspecified atom stereocenters. The monoisotopic (exact) mass is 173 g/mol. The van der Waals surface area contributed by atoms with Crippen LogP contribution in [0.4, 0.5) is 0 Å². The van der Waals surface area contributed by atoms with Crippen molar-refractivity contribution in [2.24, 2.45) is 5.73 Å². The lowest BCUT2D eigenvalue weighted by atomic mass is 10.4. The maximum atomic E-state index is 11.1. The molecule has 0 aromatic heterocycles. The summed E-state index contributed by atoms with van der Waals surface area (Å²) in [7, 11) is 3.46. The number of thiol groups is 1. The summed E-state index contributed by atoms with van der Waals surface area (Å²) >= 11 is 4.18. The molecule has 0 saturated heterocycles. The quantitative estimate of drug-likeness (QED) is 0.481. The predicted molar refractivity (Wildman–Crippen MR) is 45.6 cm³/mol.